The molecule has 0 aliphatic heterocycles. The van der Waals surface area contributed by atoms with Crippen molar-refractivity contribution in [2.24, 2.45) is 0 Å². The summed E-state index contributed by atoms with van der Waals surface area (Å²) in [5, 5.41) is 9.27. The maximum Gasteiger partial charge on any atom is -0.0495 e. The Balaban J connectivity index is 1.22. The molecule has 5 heteroatoms. The molecule has 11 rings (SSSR count). The largest absolute Gasteiger partial charge is 0.0615 e. The van der Waals surface area contributed by atoms with E-state index in [1.165, 1.54) is 19.3 Å². The molecule has 11 aromatic rings. The number of aromatic nitrogens is 3. The zero-order valence-corrected chi connectivity index (χ0v) is 28.3. The first-order valence-electron chi connectivity index (χ1n) is 16.7. The van der Waals surface area contributed by atoms with Crippen LogP contribution in [0.1, 0.15) is 0 Å². The van der Waals surface area contributed by atoms with Crippen molar-refractivity contribution in [3.63, 3.8) is 0 Å². The Morgan fingerprint density at radius 3 is 2.12 bits per heavy atom. The van der Waals surface area contributed by atoms with E-state index >= 15 is 0 Å². The van der Waals surface area contributed by atoms with Gasteiger partial charge in [-0.1, -0.05) is 18.2 Å². The zero-order valence-electron chi connectivity index (χ0n) is 26.6. The number of rotatable bonds is 3. The quantitative estimate of drug-likeness (QED) is 0.136. The van der Waals surface area contributed by atoms with Crippen LogP contribution in [0, 0.1) is 0 Å². The van der Waals surface area contributed by atoms with Crippen molar-refractivity contribution in [3.8, 4) is 34.0 Å². The van der Waals surface area contributed by atoms with E-state index < -0.39 is 0 Å². The van der Waals surface area contributed by atoms with E-state index in [-0.39, 0.29) is 14.5 Å². The fourth-order valence-electron chi connectivity index (χ4n) is 7.49. The van der Waals surface area contributed by atoms with Crippen LogP contribution in [-0.2, 0) is 0 Å². The second kappa shape index (κ2) is 10.7. The van der Waals surface area contributed by atoms with Gasteiger partial charge in [0.15, 0.2) is 0 Å². The summed E-state index contributed by atoms with van der Waals surface area (Å²) in [7, 11) is 0. The molecule has 0 saturated carbocycles. The van der Waals surface area contributed by atoms with Gasteiger partial charge in [0.1, 0.15) is 0 Å². The summed E-state index contributed by atoms with van der Waals surface area (Å²) in [5.41, 5.74) is 8.35. The minimum absolute atomic E-state index is 0.160. The molecule has 0 atom stereocenters. The normalized spacial score (nSPS) is 12.0. The number of hydrogen-bond donors (Lipinski definition) is 0. The third-order valence-electron chi connectivity index (χ3n) is 9.87. The fraction of sp³-hybridized carbons (Fsp3) is 0. The third kappa shape index (κ3) is 4.15. The van der Waals surface area contributed by atoms with Crippen molar-refractivity contribution in [1.29, 1.82) is 0 Å². The summed E-state index contributed by atoms with van der Waals surface area (Å²) < 4.78 is 9.33. The van der Waals surface area contributed by atoms with E-state index in [1.54, 1.807) is 0 Å². The van der Waals surface area contributed by atoms with Gasteiger partial charge in [-0.05, 0) is 12.1 Å². The summed E-state index contributed by atoms with van der Waals surface area (Å²) in [6.07, 6.45) is 0. The second-order valence-corrected chi connectivity index (χ2v) is 15.0. The molecule has 0 amide bonds. The van der Waals surface area contributed by atoms with Crippen molar-refractivity contribution >= 4 is 88.2 Å². The van der Waals surface area contributed by atoms with Crippen LogP contribution in [0.2, 0.25) is 0 Å². The molecular formula is C45H25N3OSe. The van der Waals surface area contributed by atoms with E-state index in [0.717, 1.165) is 82.5 Å². The number of hydrogen-bond acceptors (Lipinski definition) is 4. The van der Waals surface area contributed by atoms with Crippen LogP contribution < -0.4 is 0 Å². The molecule has 0 fully saturated rings. The molecule has 8 aromatic carbocycles. The summed E-state index contributed by atoms with van der Waals surface area (Å²) in [6, 6.07) is 53.5. The van der Waals surface area contributed by atoms with Gasteiger partial charge in [0.25, 0.3) is 0 Å². The predicted molar refractivity (Wildman–Crippen MR) is 208 cm³/mol. The van der Waals surface area contributed by atoms with Crippen molar-refractivity contribution in [1.82, 2.24) is 15.0 Å². The maximum absolute atomic E-state index is 6.56. The van der Waals surface area contributed by atoms with Gasteiger partial charge in [0.05, 0.1) is 0 Å². The van der Waals surface area contributed by atoms with E-state index in [1.807, 2.05) is 30.3 Å². The van der Waals surface area contributed by atoms with Crippen LogP contribution in [0.3, 0.4) is 0 Å². The van der Waals surface area contributed by atoms with Crippen LogP contribution in [0.4, 0.5) is 0 Å². The Kier molecular flexibility index (Phi) is 5.94. The summed E-state index contributed by atoms with van der Waals surface area (Å²) in [4.78, 5) is 15.9. The molecule has 0 spiro atoms. The first-order chi connectivity index (χ1) is 24.8. The molecule has 0 saturated heterocycles. The fourth-order valence-corrected chi connectivity index (χ4v) is 10.0. The zero-order chi connectivity index (χ0) is 32.8. The Morgan fingerprint density at radius 1 is 0.460 bits per heavy atom. The van der Waals surface area contributed by atoms with Gasteiger partial charge in [-0.25, -0.2) is 0 Å². The van der Waals surface area contributed by atoms with Gasteiger partial charge in [-0.15, -0.1) is 0 Å². The van der Waals surface area contributed by atoms with Gasteiger partial charge in [0.2, 0.25) is 0 Å². The van der Waals surface area contributed by atoms with Crippen molar-refractivity contribution in [3.05, 3.63) is 152 Å². The molecule has 0 bridgehead atoms. The van der Waals surface area contributed by atoms with Crippen molar-refractivity contribution < 1.29 is 4.42 Å². The molecule has 232 valence electrons. The number of oxazole rings is 1. The Labute approximate surface area is 292 Å². The van der Waals surface area contributed by atoms with Crippen molar-refractivity contribution in [2.45, 2.75) is 0 Å². The molecule has 3 aromatic heterocycles. The Bertz CT molecular complexity index is 3160. The first-order valence-corrected chi connectivity index (χ1v) is 18.4. The SMILES string of the molecule is c1ccc(-c2nc3ccc4ccc5ccc(-c6nc7c(ccc8ccccc87)nc6-c6cccc7c6[se]c6ccccc67)cc5c4c3o2)cc1. The average molecular weight is 703 g/mol. The van der Waals surface area contributed by atoms with E-state index in [2.05, 4.69) is 121 Å². The minimum atomic E-state index is 0.160. The number of nitrogens with zero attached hydrogens (tertiary/aromatic N) is 3. The minimum Gasteiger partial charge on any atom is -0.0615 e. The smallest absolute Gasteiger partial charge is 0.0495 e. The van der Waals surface area contributed by atoms with Gasteiger partial charge in [0, 0.05) is 0 Å². The van der Waals surface area contributed by atoms with Gasteiger partial charge >= 0.3 is 263 Å². The topological polar surface area (TPSA) is 51.8 Å². The van der Waals surface area contributed by atoms with E-state index in [4.69, 9.17) is 19.4 Å². The van der Waals surface area contributed by atoms with Crippen LogP contribution in [0.5, 0.6) is 0 Å². The Hall–Kier alpha value is -6.13. The average Bonchev–Trinajstić information content (AvgIpc) is 3.80. The second-order valence-electron chi connectivity index (χ2n) is 12.8. The van der Waals surface area contributed by atoms with Gasteiger partial charge in [-0.3, -0.25) is 0 Å². The van der Waals surface area contributed by atoms with Gasteiger partial charge in [-0.2, -0.15) is 0 Å². The van der Waals surface area contributed by atoms with Crippen LogP contribution >= 0.6 is 0 Å². The molecule has 0 N–H and O–H groups in total. The molecular weight excluding hydrogens is 677 g/mol. The number of benzene rings is 8. The van der Waals surface area contributed by atoms with E-state index in [9.17, 15) is 0 Å². The maximum atomic E-state index is 6.56. The summed E-state index contributed by atoms with van der Waals surface area (Å²) >= 11 is 0.160. The molecule has 4 nitrogen and oxygen atoms in total. The van der Waals surface area contributed by atoms with Crippen LogP contribution in [0.15, 0.2) is 156 Å². The number of fused-ring (bicyclic) bond motifs is 11. The Morgan fingerprint density at radius 2 is 1.18 bits per heavy atom. The molecule has 50 heavy (non-hydrogen) atoms. The van der Waals surface area contributed by atoms with E-state index in [0.29, 0.717) is 5.89 Å². The van der Waals surface area contributed by atoms with Crippen LogP contribution in [-0.4, -0.2) is 29.5 Å². The molecule has 0 unspecified atom stereocenters. The molecule has 0 aliphatic rings. The standard InChI is InChI=1S/C45H25N3OSe/c1-2-10-29(11-3-1)45-47-37-24-22-28-19-17-27-18-20-30(25-35(27)39(28)43(37)49-45)40-42(46-36-23-21-26-9-4-5-12-31(26)41(36)48-40)34-15-8-14-33-32-13-6-7-16-38(32)50-44(33)34/h1-25H. The van der Waals surface area contributed by atoms with Gasteiger partial charge < -0.3 is 0 Å². The third-order valence-corrected chi connectivity index (χ3v) is 12.4. The first kappa shape index (κ1) is 27.8. The van der Waals surface area contributed by atoms with Crippen LogP contribution in [0.25, 0.3) is 108 Å². The molecule has 0 aliphatic carbocycles. The summed E-state index contributed by atoms with van der Waals surface area (Å²) in [6.45, 7) is 0. The summed E-state index contributed by atoms with van der Waals surface area (Å²) in [5.74, 6) is 0.622. The monoisotopic (exact) mass is 703 g/mol. The molecule has 3 heterocycles. The van der Waals surface area contributed by atoms with Crippen molar-refractivity contribution in [2.75, 3.05) is 0 Å². The molecule has 0 radical (unpaired) electrons. The predicted octanol–water partition coefficient (Wildman–Crippen LogP) is 11.6.